The molecule has 1 aliphatic rings. The van der Waals surface area contributed by atoms with Crippen LogP contribution in [-0.2, 0) is 9.59 Å². The SMILES string of the molecule is CC(Sc1cccc(NC(=O)C2CC2)c1)C(=O)Nc1ccc([N+](=O)[O-])cc1. The van der Waals surface area contributed by atoms with Gasteiger partial charge in [-0.15, -0.1) is 11.8 Å². The quantitative estimate of drug-likeness (QED) is 0.425. The summed E-state index contributed by atoms with van der Waals surface area (Å²) in [6.07, 6.45) is 1.89. The Balaban J connectivity index is 1.57. The fraction of sp³-hybridized carbons (Fsp3) is 0.263. The highest BCUT2D eigenvalue weighted by Gasteiger charge is 2.29. The van der Waals surface area contributed by atoms with Gasteiger partial charge in [-0.2, -0.15) is 0 Å². The van der Waals surface area contributed by atoms with Crippen molar-refractivity contribution in [1.82, 2.24) is 0 Å². The molecule has 2 aromatic rings. The topological polar surface area (TPSA) is 101 Å². The third kappa shape index (κ3) is 5.30. The van der Waals surface area contributed by atoms with Gasteiger partial charge in [0.1, 0.15) is 0 Å². The number of hydrogen-bond acceptors (Lipinski definition) is 5. The summed E-state index contributed by atoms with van der Waals surface area (Å²) in [7, 11) is 0. The maximum Gasteiger partial charge on any atom is 0.269 e. The Hall–Kier alpha value is -2.87. The summed E-state index contributed by atoms with van der Waals surface area (Å²) in [6.45, 7) is 1.78. The van der Waals surface area contributed by atoms with Crippen molar-refractivity contribution in [2.24, 2.45) is 5.92 Å². The summed E-state index contributed by atoms with van der Waals surface area (Å²) in [5, 5.41) is 15.9. The van der Waals surface area contributed by atoms with Crippen molar-refractivity contribution in [1.29, 1.82) is 0 Å². The predicted octanol–water partition coefficient (Wildman–Crippen LogP) is 4.06. The molecule has 140 valence electrons. The lowest BCUT2D eigenvalue weighted by Crippen LogP contribution is -2.22. The summed E-state index contributed by atoms with van der Waals surface area (Å²) in [5.41, 5.74) is 1.20. The Labute approximate surface area is 160 Å². The molecule has 1 unspecified atom stereocenters. The van der Waals surface area contributed by atoms with E-state index in [4.69, 9.17) is 0 Å². The van der Waals surface area contributed by atoms with Gasteiger partial charge in [0.2, 0.25) is 11.8 Å². The summed E-state index contributed by atoms with van der Waals surface area (Å²) in [4.78, 5) is 35.3. The van der Waals surface area contributed by atoms with Crippen LogP contribution in [0.25, 0.3) is 0 Å². The Morgan fingerprint density at radius 1 is 1.11 bits per heavy atom. The number of benzene rings is 2. The highest BCUT2D eigenvalue weighted by molar-refractivity contribution is 8.00. The molecule has 1 atom stereocenters. The van der Waals surface area contributed by atoms with Crippen LogP contribution in [0.1, 0.15) is 19.8 Å². The van der Waals surface area contributed by atoms with Crippen molar-refractivity contribution >= 4 is 40.6 Å². The summed E-state index contributed by atoms with van der Waals surface area (Å²) < 4.78 is 0. The molecular formula is C19H19N3O4S. The van der Waals surface area contributed by atoms with Gasteiger partial charge in [-0.1, -0.05) is 6.07 Å². The standard InChI is InChI=1S/C19H19N3O4S/c1-12(18(23)20-14-7-9-16(10-8-14)22(25)26)27-17-4-2-3-15(11-17)21-19(24)13-5-6-13/h2-4,7-13H,5-6H2,1H3,(H,20,23)(H,21,24). The van der Waals surface area contributed by atoms with E-state index in [2.05, 4.69) is 10.6 Å². The number of non-ortho nitro benzene ring substituents is 1. The average molecular weight is 385 g/mol. The first-order valence-electron chi connectivity index (χ1n) is 8.55. The molecular weight excluding hydrogens is 366 g/mol. The zero-order valence-electron chi connectivity index (χ0n) is 14.7. The molecule has 0 radical (unpaired) electrons. The molecule has 1 aliphatic carbocycles. The largest absolute Gasteiger partial charge is 0.326 e. The lowest BCUT2D eigenvalue weighted by Gasteiger charge is -2.13. The van der Waals surface area contributed by atoms with Crippen molar-refractivity contribution in [2.75, 3.05) is 10.6 Å². The molecule has 7 nitrogen and oxygen atoms in total. The van der Waals surface area contributed by atoms with Crippen molar-refractivity contribution in [3.63, 3.8) is 0 Å². The number of rotatable bonds is 7. The molecule has 0 aliphatic heterocycles. The maximum absolute atomic E-state index is 12.4. The first-order valence-corrected chi connectivity index (χ1v) is 9.43. The van der Waals surface area contributed by atoms with Crippen molar-refractivity contribution in [3.8, 4) is 0 Å². The second-order valence-electron chi connectivity index (χ2n) is 6.34. The highest BCUT2D eigenvalue weighted by atomic mass is 32.2. The number of nitro benzene ring substituents is 1. The molecule has 2 N–H and O–H groups in total. The number of nitrogens with zero attached hydrogens (tertiary/aromatic N) is 1. The van der Waals surface area contributed by atoms with Crippen LogP contribution in [0, 0.1) is 16.0 Å². The number of nitrogens with one attached hydrogen (secondary N) is 2. The van der Waals surface area contributed by atoms with Crippen LogP contribution in [-0.4, -0.2) is 22.0 Å². The van der Waals surface area contributed by atoms with Gasteiger partial charge in [-0.25, -0.2) is 0 Å². The Morgan fingerprint density at radius 3 is 2.44 bits per heavy atom. The number of carbonyl (C=O) groups excluding carboxylic acids is 2. The smallest absolute Gasteiger partial charge is 0.269 e. The summed E-state index contributed by atoms with van der Waals surface area (Å²) >= 11 is 1.37. The van der Waals surface area contributed by atoms with E-state index >= 15 is 0 Å². The van der Waals surface area contributed by atoms with Crippen LogP contribution in [0.15, 0.2) is 53.4 Å². The van der Waals surface area contributed by atoms with E-state index in [-0.39, 0.29) is 28.7 Å². The zero-order valence-corrected chi connectivity index (χ0v) is 15.5. The predicted molar refractivity (Wildman–Crippen MR) is 105 cm³/mol. The molecule has 8 heteroatoms. The maximum atomic E-state index is 12.4. The minimum atomic E-state index is -0.487. The third-order valence-electron chi connectivity index (χ3n) is 4.08. The molecule has 0 heterocycles. The lowest BCUT2D eigenvalue weighted by molar-refractivity contribution is -0.384. The molecule has 2 amide bonds. The van der Waals surface area contributed by atoms with E-state index < -0.39 is 4.92 Å². The van der Waals surface area contributed by atoms with E-state index in [1.807, 2.05) is 24.3 Å². The Morgan fingerprint density at radius 2 is 1.81 bits per heavy atom. The zero-order chi connectivity index (χ0) is 19.4. The van der Waals surface area contributed by atoms with E-state index in [1.165, 1.54) is 36.0 Å². The van der Waals surface area contributed by atoms with E-state index in [0.717, 1.165) is 23.4 Å². The highest BCUT2D eigenvalue weighted by Crippen LogP contribution is 2.31. The molecule has 2 aromatic carbocycles. The summed E-state index contributed by atoms with van der Waals surface area (Å²) in [5.74, 6) is -0.0323. The first kappa shape index (κ1) is 18.9. The van der Waals surface area contributed by atoms with Crippen LogP contribution in [0.4, 0.5) is 17.1 Å². The van der Waals surface area contributed by atoms with E-state index in [9.17, 15) is 19.7 Å². The van der Waals surface area contributed by atoms with Crippen molar-refractivity contribution < 1.29 is 14.5 Å². The summed E-state index contributed by atoms with van der Waals surface area (Å²) in [6, 6.07) is 13.1. The van der Waals surface area contributed by atoms with Crippen LogP contribution < -0.4 is 10.6 Å². The monoisotopic (exact) mass is 385 g/mol. The average Bonchev–Trinajstić information content (AvgIpc) is 3.47. The molecule has 1 saturated carbocycles. The Kier molecular flexibility index (Phi) is 5.75. The fourth-order valence-corrected chi connectivity index (χ4v) is 3.33. The van der Waals surface area contributed by atoms with Gasteiger partial charge >= 0.3 is 0 Å². The van der Waals surface area contributed by atoms with Gasteiger partial charge < -0.3 is 10.6 Å². The van der Waals surface area contributed by atoms with Crippen LogP contribution in [0.3, 0.4) is 0 Å². The number of anilines is 2. The first-order chi connectivity index (χ1) is 12.9. The number of thioether (sulfide) groups is 1. The fourth-order valence-electron chi connectivity index (χ4n) is 2.41. The Bertz CT molecular complexity index is 866. The third-order valence-corrected chi connectivity index (χ3v) is 5.17. The molecule has 0 saturated heterocycles. The van der Waals surface area contributed by atoms with Gasteiger partial charge in [0.25, 0.3) is 5.69 Å². The number of carbonyl (C=O) groups is 2. The normalized spacial score (nSPS) is 14.3. The molecule has 0 bridgehead atoms. The number of hydrogen-bond donors (Lipinski definition) is 2. The van der Waals surface area contributed by atoms with Crippen LogP contribution in [0.2, 0.25) is 0 Å². The van der Waals surface area contributed by atoms with E-state index in [1.54, 1.807) is 6.92 Å². The van der Waals surface area contributed by atoms with E-state index in [0.29, 0.717) is 5.69 Å². The van der Waals surface area contributed by atoms with Crippen LogP contribution in [0.5, 0.6) is 0 Å². The van der Waals surface area contributed by atoms with Crippen LogP contribution >= 0.6 is 11.8 Å². The molecule has 1 fully saturated rings. The molecule has 3 rings (SSSR count). The lowest BCUT2D eigenvalue weighted by atomic mass is 10.3. The van der Waals surface area contributed by atoms with Gasteiger partial charge in [-0.3, -0.25) is 19.7 Å². The van der Waals surface area contributed by atoms with Gasteiger partial charge in [-0.05, 0) is 50.1 Å². The second-order valence-corrected chi connectivity index (χ2v) is 7.76. The number of amides is 2. The van der Waals surface area contributed by atoms with Gasteiger partial charge in [0, 0.05) is 34.3 Å². The van der Waals surface area contributed by atoms with Crippen molar-refractivity contribution in [3.05, 3.63) is 58.6 Å². The second kappa shape index (κ2) is 8.22. The minimum Gasteiger partial charge on any atom is -0.326 e. The molecule has 0 aromatic heterocycles. The minimum absolute atomic E-state index is 0.0273. The van der Waals surface area contributed by atoms with Gasteiger partial charge in [0.15, 0.2) is 0 Å². The molecule has 27 heavy (non-hydrogen) atoms. The van der Waals surface area contributed by atoms with Gasteiger partial charge in [0.05, 0.1) is 10.2 Å². The number of nitro groups is 1. The van der Waals surface area contributed by atoms with Crippen molar-refractivity contribution in [2.45, 2.75) is 29.9 Å². The molecule has 0 spiro atoms.